The maximum atomic E-state index is 13.4. The SMILES string of the molecule is Cc1nc2nc(CC(=O)Nc3ccc(-c4cccc(F)c4)cc3)[nH]n2c(=O)c1C. The van der Waals surface area contributed by atoms with Gasteiger partial charge in [0.25, 0.3) is 11.3 Å². The number of rotatable bonds is 4. The number of carbonyl (C=O) groups is 1. The lowest BCUT2D eigenvalue weighted by Crippen LogP contribution is -2.20. The number of hydrogen-bond donors (Lipinski definition) is 2. The van der Waals surface area contributed by atoms with Crippen molar-refractivity contribution in [1.82, 2.24) is 19.6 Å². The Labute approximate surface area is 165 Å². The van der Waals surface area contributed by atoms with Crippen LogP contribution in [-0.2, 0) is 11.2 Å². The molecule has 0 atom stereocenters. The summed E-state index contributed by atoms with van der Waals surface area (Å²) in [5, 5.41) is 5.60. The minimum absolute atomic E-state index is 0.0352. The molecule has 0 saturated heterocycles. The number of H-pyrrole nitrogens is 1. The minimum Gasteiger partial charge on any atom is -0.326 e. The Bertz CT molecular complexity index is 1270. The summed E-state index contributed by atoms with van der Waals surface area (Å²) in [4.78, 5) is 33.1. The van der Waals surface area contributed by atoms with E-state index in [2.05, 4.69) is 20.4 Å². The van der Waals surface area contributed by atoms with Crippen LogP contribution in [0.1, 0.15) is 17.1 Å². The van der Waals surface area contributed by atoms with Crippen LogP contribution in [-0.4, -0.2) is 25.5 Å². The molecule has 0 unspecified atom stereocenters. The van der Waals surface area contributed by atoms with Crippen molar-refractivity contribution in [3.8, 4) is 11.1 Å². The lowest BCUT2D eigenvalue weighted by molar-refractivity contribution is -0.115. The Balaban J connectivity index is 1.48. The Morgan fingerprint density at radius 1 is 1.10 bits per heavy atom. The van der Waals surface area contributed by atoms with Gasteiger partial charge in [-0.25, -0.2) is 9.37 Å². The normalized spacial score (nSPS) is 11.0. The summed E-state index contributed by atoms with van der Waals surface area (Å²) in [6, 6.07) is 13.4. The zero-order chi connectivity index (χ0) is 20.5. The van der Waals surface area contributed by atoms with Crippen LogP contribution in [0.2, 0.25) is 0 Å². The van der Waals surface area contributed by atoms with Crippen molar-refractivity contribution in [2.75, 3.05) is 5.32 Å². The molecular formula is C21H18FN5O2. The third-order valence-electron chi connectivity index (χ3n) is 4.66. The highest BCUT2D eigenvalue weighted by Crippen LogP contribution is 2.22. The molecule has 0 aliphatic heterocycles. The first-order valence-corrected chi connectivity index (χ1v) is 9.01. The zero-order valence-electron chi connectivity index (χ0n) is 15.9. The van der Waals surface area contributed by atoms with Gasteiger partial charge in [-0.3, -0.25) is 14.7 Å². The molecule has 2 N–H and O–H groups in total. The molecule has 29 heavy (non-hydrogen) atoms. The lowest BCUT2D eigenvalue weighted by Gasteiger charge is -2.06. The fraction of sp³-hybridized carbons (Fsp3) is 0.143. The van der Waals surface area contributed by atoms with E-state index in [1.54, 1.807) is 44.2 Å². The Morgan fingerprint density at radius 3 is 2.59 bits per heavy atom. The Kier molecular flexibility index (Phi) is 4.67. The van der Waals surface area contributed by atoms with E-state index in [1.807, 2.05) is 6.07 Å². The number of fused-ring (bicyclic) bond motifs is 1. The van der Waals surface area contributed by atoms with E-state index in [9.17, 15) is 14.0 Å². The smallest absolute Gasteiger partial charge is 0.277 e. The van der Waals surface area contributed by atoms with Crippen molar-refractivity contribution >= 4 is 17.4 Å². The maximum absolute atomic E-state index is 13.4. The van der Waals surface area contributed by atoms with Crippen LogP contribution in [0.3, 0.4) is 0 Å². The molecule has 2 aromatic carbocycles. The van der Waals surface area contributed by atoms with Gasteiger partial charge in [0.05, 0.1) is 6.42 Å². The van der Waals surface area contributed by atoms with Crippen LogP contribution in [0.5, 0.6) is 0 Å². The second kappa shape index (κ2) is 7.31. The fourth-order valence-electron chi connectivity index (χ4n) is 3.00. The molecule has 4 rings (SSSR count). The van der Waals surface area contributed by atoms with Gasteiger partial charge in [-0.1, -0.05) is 24.3 Å². The van der Waals surface area contributed by atoms with Crippen LogP contribution in [0.4, 0.5) is 10.1 Å². The number of aryl methyl sites for hydroxylation is 1. The molecule has 0 aliphatic carbocycles. The molecule has 2 aromatic heterocycles. The molecule has 0 radical (unpaired) electrons. The number of aromatic nitrogens is 4. The first kappa shape index (κ1) is 18.5. The molecule has 1 amide bonds. The fourth-order valence-corrected chi connectivity index (χ4v) is 3.00. The molecule has 7 nitrogen and oxygen atoms in total. The van der Waals surface area contributed by atoms with Crippen LogP contribution in [0.25, 0.3) is 16.9 Å². The number of carbonyl (C=O) groups excluding carboxylic acids is 1. The molecule has 2 heterocycles. The van der Waals surface area contributed by atoms with E-state index in [0.717, 1.165) is 11.1 Å². The van der Waals surface area contributed by atoms with Gasteiger partial charge in [-0.2, -0.15) is 9.50 Å². The van der Waals surface area contributed by atoms with Crippen molar-refractivity contribution in [1.29, 1.82) is 0 Å². The highest BCUT2D eigenvalue weighted by molar-refractivity contribution is 5.92. The highest BCUT2D eigenvalue weighted by atomic mass is 19.1. The molecule has 146 valence electrons. The first-order valence-electron chi connectivity index (χ1n) is 9.01. The molecule has 0 saturated carbocycles. The zero-order valence-corrected chi connectivity index (χ0v) is 15.9. The maximum Gasteiger partial charge on any atom is 0.277 e. The summed E-state index contributed by atoms with van der Waals surface area (Å²) in [7, 11) is 0. The van der Waals surface area contributed by atoms with Crippen LogP contribution >= 0.6 is 0 Å². The number of hydrogen-bond acceptors (Lipinski definition) is 4. The summed E-state index contributed by atoms with van der Waals surface area (Å²) < 4.78 is 14.6. The third-order valence-corrected chi connectivity index (χ3v) is 4.66. The number of amides is 1. The lowest BCUT2D eigenvalue weighted by atomic mass is 10.1. The second-order valence-corrected chi connectivity index (χ2v) is 6.75. The van der Waals surface area contributed by atoms with Gasteiger partial charge in [0.2, 0.25) is 5.91 Å². The standard InChI is InChI=1S/C21H18FN5O2/c1-12-13(2)23-21-25-18(26-27(21)20(12)29)11-19(28)24-17-8-6-14(7-9-17)15-4-3-5-16(22)10-15/h3-10H,11H2,1-2H3,(H,24,28)(H,23,25,26). The number of benzene rings is 2. The molecular weight excluding hydrogens is 373 g/mol. The van der Waals surface area contributed by atoms with E-state index in [-0.39, 0.29) is 29.5 Å². The number of nitrogens with zero attached hydrogens (tertiary/aromatic N) is 3. The van der Waals surface area contributed by atoms with Gasteiger partial charge in [0, 0.05) is 16.9 Å². The van der Waals surface area contributed by atoms with E-state index in [0.29, 0.717) is 22.8 Å². The van der Waals surface area contributed by atoms with Gasteiger partial charge in [0.1, 0.15) is 11.6 Å². The molecule has 4 aromatic rings. The van der Waals surface area contributed by atoms with E-state index >= 15 is 0 Å². The topological polar surface area (TPSA) is 92.2 Å². The van der Waals surface area contributed by atoms with Crippen molar-refractivity contribution in [2.45, 2.75) is 20.3 Å². The van der Waals surface area contributed by atoms with Gasteiger partial charge >= 0.3 is 0 Å². The molecule has 0 aliphatic rings. The Morgan fingerprint density at radius 2 is 1.86 bits per heavy atom. The predicted octanol–water partition coefficient (Wildman–Crippen LogP) is 3.02. The molecule has 8 heteroatoms. The van der Waals surface area contributed by atoms with Crippen molar-refractivity contribution < 1.29 is 9.18 Å². The van der Waals surface area contributed by atoms with Gasteiger partial charge < -0.3 is 5.32 Å². The highest BCUT2D eigenvalue weighted by Gasteiger charge is 2.13. The van der Waals surface area contributed by atoms with E-state index in [4.69, 9.17) is 0 Å². The second-order valence-electron chi connectivity index (χ2n) is 6.75. The molecule has 0 bridgehead atoms. The van der Waals surface area contributed by atoms with Crippen molar-refractivity contribution in [3.05, 3.63) is 81.8 Å². The summed E-state index contributed by atoms with van der Waals surface area (Å²) in [5.74, 6) is -0.0115. The minimum atomic E-state index is -0.301. The Hall–Kier alpha value is -3.81. The van der Waals surface area contributed by atoms with Crippen LogP contribution in [0, 0.1) is 19.7 Å². The largest absolute Gasteiger partial charge is 0.326 e. The van der Waals surface area contributed by atoms with Crippen LogP contribution < -0.4 is 10.9 Å². The monoisotopic (exact) mass is 391 g/mol. The average Bonchev–Trinajstić information content (AvgIpc) is 3.09. The van der Waals surface area contributed by atoms with Gasteiger partial charge in [0.15, 0.2) is 0 Å². The number of nitrogens with one attached hydrogen (secondary N) is 2. The van der Waals surface area contributed by atoms with Crippen molar-refractivity contribution in [2.24, 2.45) is 0 Å². The average molecular weight is 391 g/mol. The summed E-state index contributed by atoms with van der Waals surface area (Å²) in [5.41, 5.74) is 3.11. The van der Waals surface area contributed by atoms with E-state index < -0.39 is 0 Å². The quantitative estimate of drug-likeness (QED) is 0.559. The summed E-state index contributed by atoms with van der Waals surface area (Å²) >= 11 is 0. The van der Waals surface area contributed by atoms with Crippen LogP contribution in [0.15, 0.2) is 53.3 Å². The first-order chi connectivity index (χ1) is 13.9. The number of anilines is 1. The van der Waals surface area contributed by atoms with Crippen molar-refractivity contribution in [3.63, 3.8) is 0 Å². The summed E-state index contributed by atoms with van der Waals surface area (Å²) in [6.07, 6.45) is -0.0352. The number of aromatic amines is 1. The number of halogens is 1. The summed E-state index contributed by atoms with van der Waals surface area (Å²) in [6.45, 7) is 3.43. The molecule has 0 fully saturated rings. The molecule has 0 spiro atoms. The van der Waals surface area contributed by atoms with E-state index in [1.165, 1.54) is 16.6 Å². The predicted molar refractivity (Wildman–Crippen MR) is 107 cm³/mol. The van der Waals surface area contributed by atoms with Gasteiger partial charge in [-0.15, -0.1) is 0 Å². The third kappa shape index (κ3) is 3.77. The van der Waals surface area contributed by atoms with Gasteiger partial charge in [-0.05, 0) is 49.2 Å².